The van der Waals surface area contributed by atoms with Crippen molar-refractivity contribution in [3.05, 3.63) is 58.3 Å². The minimum atomic E-state index is -0.120. The van der Waals surface area contributed by atoms with Gasteiger partial charge in [0.15, 0.2) is 5.65 Å². The van der Waals surface area contributed by atoms with Gasteiger partial charge in [0.1, 0.15) is 10.7 Å². The summed E-state index contributed by atoms with van der Waals surface area (Å²) in [6.45, 7) is 0. The quantitative estimate of drug-likeness (QED) is 0.775. The van der Waals surface area contributed by atoms with Crippen LogP contribution in [0.15, 0.2) is 47.2 Å². The number of benzene rings is 1. The van der Waals surface area contributed by atoms with Crippen molar-refractivity contribution in [2.24, 2.45) is 5.73 Å². The van der Waals surface area contributed by atoms with Gasteiger partial charge in [-0.1, -0.05) is 24.3 Å². The lowest BCUT2D eigenvalue weighted by molar-refractivity contribution is 0.175. The van der Waals surface area contributed by atoms with Gasteiger partial charge in [-0.2, -0.15) is 0 Å². The molecule has 0 spiro atoms. The molecular formula is C15H13BrN4O. The summed E-state index contributed by atoms with van der Waals surface area (Å²) in [5, 5.41) is 4.43. The van der Waals surface area contributed by atoms with E-state index in [4.69, 9.17) is 10.5 Å². The van der Waals surface area contributed by atoms with Gasteiger partial charge >= 0.3 is 0 Å². The van der Waals surface area contributed by atoms with E-state index in [-0.39, 0.29) is 12.1 Å². The van der Waals surface area contributed by atoms with Crippen LogP contribution in [0.5, 0.6) is 5.88 Å². The van der Waals surface area contributed by atoms with Crippen LogP contribution >= 0.6 is 15.9 Å². The molecule has 0 saturated carbocycles. The predicted octanol–water partition coefficient (Wildman–Crippen LogP) is 2.50. The summed E-state index contributed by atoms with van der Waals surface area (Å²) < 4.78 is 8.49. The highest BCUT2D eigenvalue weighted by Crippen LogP contribution is 2.31. The van der Waals surface area contributed by atoms with Crippen LogP contribution in [0.4, 0.5) is 0 Å². The van der Waals surface area contributed by atoms with Crippen LogP contribution in [0, 0.1) is 0 Å². The fourth-order valence-corrected chi connectivity index (χ4v) is 3.11. The van der Waals surface area contributed by atoms with Crippen LogP contribution in [-0.2, 0) is 6.42 Å². The zero-order chi connectivity index (χ0) is 14.4. The summed E-state index contributed by atoms with van der Waals surface area (Å²) >= 11 is 3.41. The van der Waals surface area contributed by atoms with E-state index >= 15 is 0 Å². The molecule has 5 nitrogen and oxygen atoms in total. The molecule has 2 aromatic heterocycles. The molecule has 0 bridgehead atoms. The van der Waals surface area contributed by atoms with Gasteiger partial charge in [0.2, 0.25) is 5.88 Å². The summed E-state index contributed by atoms with van der Waals surface area (Å²) in [6.07, 6.45) is 2.43. The molecule has 106 valence electrons. The van der Waals surface area contributed by atoms with Crippen LogP contribution in [0.2, 0.25) is 0 Å². The highest BCUT2D eigenvalue weighted by Gasteiger charge is 2.31. The third-order valence-corrected chi connectivity index (χ3v) is 4.34. The number of imidazole rings is 1. The lowest BCUT2D eigenvalue weighted by Crippen LogP contribution is -2.28. The lowest BCUT2D eigenvalue weighted by atomic mass is 10.1. The van der Waals surface area contributed by atoms with E-state index < -0.39 is 0 Å². The smallest absolute Gasteiger partial charge is 0.232 e. The number of nitrogens with zero attached hydrogens (tertiary/aromatic N) is 3. The zero-order valence-corrected chi connectivity index (χ0v) is 12.7. The summed E-state index contributed by atoms with van der Waals surface area (Å²) in [6, 6.07) is 11.8. The largest absolute Gasteiger partial charge is 0.471 e. The van der Waals surface area contributed by atoms with Gasteiger partial charge < -0.3 is 10.5 Å². The molecule has 2 N–H and O–H groups in total. The molecular weight excluding hydrogens is 332 g/mol. The van der Waals surface area contributed by atoms with Gasteiger partial charge in [0.25, 0.3) is 0 Å². The van der Waals surface area contributed by atoms with E-state index in [0.29, 0.717) is 5.88 Å². The fraction of sp³-hybridized carbons (Fsp3) is 0.200. The first-order chi connectivity index (χ1) is 10.2. The van der Waals surface area contributed by atoms with Crippen molar-refractivity contribution in [3.8, 4) is 5.88 Å². The Morgan fingerprint density at radius 2 is 2.10 bits per heavy atom. The first kappa shape index (κ1) is 12.8. The van der Waals surface area contributed by atoms with Crippen LogP contribution < -0.4 is 10.5 Å². The Morgan fingerprint density at radius 3 is 2.95 bits per heavy atom. The number of hydrogen-bond donors (Lipinski definition) is 1. The maximum atomic E-state index is 6.28. The standard InChI is InChI=1S/C15H13BrN4O/c16-12-8-18-13-5-6-14(19-20(12)13)21-11-7-9-3-1-2-4-10(9)15(11)17/h1-6,8,11,15H,7,17H2/t11-,15+/m0/s1. The average molecular weight is 345 g/mol. The monoisotopic (exact) mass is 344 g/mol. The number of fused-ring (bicyclic) bond motifs is 2. The van der Waals surface area contributed by atoms with Crippen molar-refractivity contribution >= 4 is 21.6 Å². The van der Waals surface area contributed by atoms with Crippen molar-refractivity contribution < 1.29 is 4.74 Å². The Balaban J connectivity index is 1.62. The molecule has 2 heterocycles. The van der Waals surface area contributed by atoms with Crippen molar-refractivity contribution in [1.29, 1.82) is 0 Å². The molecule has 0 unspecified atom stereocenters. The Morgan fingerprint density at radius 1 is 1.24 bits per heavy atom. The number of aromatic nitrogens is 3. The van der Waals surface area contributed by atoms with E-state index in [9.17, 15) is 0 Å². The molecule has 1 aliphatic rings. The molecule has 6 heteroatoms. The van der Waals surface area contributed by atoms with Crippen LogP contribution in [0.25, 0.3) is 5.65 Å². The van der Waals surface area contributed by atoms with Gasteiger partial charge in [0.05, 0.1) is 12.2 Å². The molecule has 0 amide bonds. The van der Waals surface area contributed by atoms with Gasteiger partial charge in [-0.05, 0) is 33.1 Å². The Bertz CT molecular complexity index is 816. The molecule has 0 saturated heterocycles. The Labute approximate surface area is 129 Å². The van der Waals surface area contributed by atoms with Crippen molar-refractivity contribution in [3.63, 3.8) is 0 Å². The second kappa shape index (κ2) is 4.82. The van der Waals surface area contributed by atoms with Crippen molar-refractivity contribution in [2.75, 3.05) is 0 Å². The van der Waals surface area contributed by atoms with Gasteiger partial charge in [-0.15, -0.1) is 5.10 Å². The SMILES string of the molecule is N[C@@H]1c2ccccc2C[C@@H]1Oc1ccc2ncc(Br)n2n1. The number of ether oxygens (including phenoxy) is 1. The molecule has 0 fully saturated rings. The molecule has 0 radical (unpaired) electrons. The molecule has 4 rings (SSSR count). The number of rotatable bonds is 2. The second-order valence-corrected chi connectivity index (χ2v) is 5.92. The summed E-state index contributed by atoms with van der Waals surface area (Å²) in [7, 11) is 0. The van der Waals surface area contributed by atoms with E-state index in [1.165, 1.54) is 5.56 Å². The van der Waals surface area contributed by atoms with Gasteiger partial charge in [-0.3, -0.25) is 0 Å². The zero-order valence-electron chi connectivity index (χ0n) is 11.1. The van der Waals surface area contributed by atoms with E-state index in [1.807, 2.05) is 24.3 Å². The van der Waals surface area contributed by atoms with Gasteiger partial charge in [0, 0.05) is 12.5 Å². The van der Waals surface area contributed by atoms with Crippen LogP contribution in [0.3, 0.4) is 0 Å². The lowest BCUT2D eigenvalue weighted by Gasteiger charge is -2.17. The maximum absolute atomic E-state index is 6.28. The molecule has 2 atom stereocenters. The molecule has 1 aliphatic carbocycles. The van der Waals surface area contributed by atoms with Gasteiger partial charge in [-0.25, -0.2) is 9.50 Å². The number of nitrogens with two attached hydrogens (primary N) is 1. The van der Waals surface area contributed by atoms with Crippen LogP contribution in [-0.4, -0.2) is 20.7 Å². The average Bonchev–Trinajstić information content (AvgIpc) is 3.02. The van der Waals surface area contributed by atoms with Crippen molar-refractivity contribution in [2.45, 2.75) is 18.6 Å². The minimum absolute atomic E-state index is 0.0883. The highest BCUT2D eigenvalue weighted by molar-refractivity contribution is 9.10. The number of halogens is 1. The third-order valence-electron chi connectivity index (χ3n) is 3.80. The maximum Gasteiger partial charge on any atom is 0.232 e. The van der Waals surface area contributed by atoms with E-state index in [0.717, 1.165) is 22.2 Å². The first-order valence-corrected chi connectivity index (χ1v) is 7.52. The van der Waals surface area contributed by atoms with E-state index in [2.05, 4.69) is 38.1 Å². The first-order valence-electron chi connectivity index (χ1n) is 6.73. The Kier molecular flexibility index (Phi) is 2.94. The highest BCUT2D eigenvalue weighted by atomic mass is 79.9. The predicted molar refractivity (Wildman–Crippen MR) is 82.2 cm³/mol. The normalized spacial score (nSPS) is 20.7. The van der Waals surface area contributed by atoms with Crippen LogP contribution in [0.1, 0.15) is 17.2 Å². The molecule has 3 aromatic rings. The number of hydrogen-bond acceptors (Lipinski definition) is 4. The minimum Gasteiger partial charge on any atom is -0.471 e. The van der Waals surface area contributed by atoms with Crippen molar-refractivity contribution in [1.82, 2.24) is 14.6 Å². The molecule has 21 heavy (non-hydrogen) atoms. The summed E-state index contributed by atoms with van der Waals surface area (Å²) in [5.74, 6) is 0.550. The molecule has 1 aromatic carbocycles. The summed E-state index contributed by atoms with van der Waals surface area (Å²) in [4.78, 5) is 4.21. The summed E-state index contributed by atoms with van der Waals surface area (Å²) in [5.41, 5.74) is 9.46. The van der Waals surface area contributed by atoms with E-state index in [1.54, 1.807) is 10.7 Å². The molecule has 0 aliphatic heterocycles. The Hall–Kier alpha value is -1.92. The second-order valence-electron chi connectivity index (χ2n) is 5.11. The fourth-order valence-electron chi connectivity index (χ4n) is 2.75. The third kappa shape index (κ3) is 2.11. The topological polar surface area (TPSA) is 65.4 Å².